The van der Waals surface area contributed by atoms with Crippen molar-refractivity contribution in [1.82, 2.24) is 8.61 Å². The zero-order chi connectivity index (χ0) is 11.6. The average molecular weight is 234 g/mol. The molecule has 90 valence electrons. The van der Waals surface area contributed by atoms with Crippen molar-refractivity contribution in [2.75, 3.05) is 20.1 Å². The van der Waals surface area contributed by atoms with E-state index in [1.165, 1.54) is 21.5 Å². The van der Waals surface area contributed by atoms with Gasteiger partial charge < -0.3 is 0 Å². The van der Waals surface area contributed by atoms with Gasteiger partial charge in [-0.15, -0.1) is 0 Å². The van der Waals surface area contributed by atoms with Crippen LogP contribution in [0.1, 0.15) is 33.6 Å². The maximum atomic E-state index is 12.1. The maximum Gasteiger partial charge on any atom is 0.281 e. The first kappa shape index (κ1) is 12.9. The molecule has 0 amide bonds. The molecule has 1 saturated carbocycles. The molecule has 1 aliphatic rings. The van der Waals surface area contributed by atoms with Crippen molar-refractivity contribution in [1.29, 1.82) is 0 Å². The van der Waals surface area contributed by atoms with Crippen LogP contribution in [0, 0.1) is 5.92 Å². The molecule has 0 spiro atoms. The zero-order valence-corrected chi connectivity index (χ0v) is 10.9. The first-order chi connectivity index (χ1) is 6.95. The zero-order valence-electron chi connectivity index (χ0n) is 10.1. The smallest absolute Gasteiger partial charge is 0.195 e. The normalized spacial score (nSPS) is 19.9. The van der Waals surface area contributed by atoms with Gasteiger partial charge in [0.05, 0.1) is 0 Å². The summed E-state index contributed by atoms with van der Waals surface area (Å²) in [5.74, 6) is 0.570. The largest absolute Gasteiger partial charge is 0.281 e. The minimum absolute atomic E-state index is 0.135. The second kappa shape index (κ2) is 4.80. The molecule has 1 aliphatic carbocycles. The summed E-state index contributed by atoms with van der Waals surface area (Å²) in [5, 5.41) is 0. The molecule has 0 radical (unpaired) electrons. The number of hydrogen-bond acceptors (Lipinski definition) is 2. The van der Waals surface area contributed by atoms with E-state index in [0.29, 0.717) is 19.0 Å². The molecule has 0 N–H and O–H groups in total. The molecule has 0 aromatic rings. The Bertz CT molecular complexity index is 295. The van der Waals surface area contributed by atoms with Crippen LogP contribution in [-0.2, 0) is 10.2 Å². The summed E-state index contributed by atoms with van der Waals surface area (Å²) in [4.78, 5) is 0. The van der Waals surface area contributed by atoms with Gasteiger partial charge in [0, 0.05) is 26.2 Å². The first-order valence-electron chi connectivity index (χ1n) is 5.68. The van der Waals surface area contributed by atoms with E-state index < -0.39 is 10.2 Å². The van der Waals surface area contributed by atoms with E-state index in [4.69, 9.17) is 0 Å². The number of rotatable bonds is 6. The summed E-state index contributed by atoms with van der Waals surface area (Å²) in [6.45, 7) is 6.83. The lowest BCUT2D eigenvalue weighted by Crippen LogP contribution is -2.46. The van der Waals surface area contributed by atoms with E-state index in [9.17, 15) is 8.42 Å². The maximum absolute atomic E-state index is 12.1. The quantitative estimate of drug-likeness (QED) is 0.695. The second-order valence-corrected chi connectivity index (χ2v) is 6.17. The molecule has 0 saturated heterocycles. The van der Waals surface area contributed by atoms with Gasteiger partial charge in [0.15, 0.2) is 0 Å². The van der Waals surface area contributed by atoms with Gasteiger partial charge in [-0.25, -0.2) is 0 Å². The van der Waals surface area contributed by atoms with Crippen LogP contribution >= 0.6 is 0 Å². The summed E-state index contributed by atoms with van der Waals surface area (Å²) < 4.78 is 27.3. The van der Waals surface area contributed by atoms with Gasteiger partial charge in [0.2, 0.25) is 0 Å². The van der Waals surface area contributed by atoms with Crippen LogP contribution in [0.25, 0.3) is 0 Å². The van der Waals surface area contributed by atoms with Crippen LogP contribution in [0.3, 0.4) is 0 Å². The molecule has 5 heteroatoms. The minimum atomic E-state index is -3.24. The van der Waals surface area contributed by atoms with Crippen LogP contribution in [0.5, 0.6) is 0 Å². The minimum Gasteiger partial charge on any atom is -0.195 e. The van der Waals surface area contributed by atoms with Crippen molar-refractivity contribution in [3.8, 4) is 0 Å². The molecule has 4 nitrogen and oxygen atoms in total. The van der Waals surface area contributed by atoms with Gasteiger partial charge in [0.25, 0.3) is 10.2 Å². The van der Waals surface area contributed by atoms with E-state index in [-0.39, 0.29) is 6.04 Å². The molecule has 0 unspecified atom stereocenters. The van der Waals surface area contributed by atoms with E-state index in [1.54, 1.807) is 7.05 Å². The highest BCUT2D eigenvalue weighted by atomic mass is 32.2. The van der Waals surface area contributed by atoms with Gasteiger partial charge in [-0.2, -0.15) is 17.0 Å². The van der Waals surface area contributed by atoms with Gasteiger partial charge >= 0.3 is 0 Å². The van der Waals surface area contributed by atoms with Crippen molar-refractivity contribution in [3.63, 3.8) is 0 Å². The van der Waals surface area contributed by atoms with Gasteiger partial charge in [-0.05, 0) is 25.7 Å². The molecule has 1 fully saturated rings. The predicted molar refractivity (Wildman–Crippen MR) is 61.8 cm³/mol. The Kier molecular flexibility index (Phi) is 4.14. The second-order valence-electron chi connectivity index (χ2n) is 4.19. The van der Waals surface area contributed by atoms with Crippen LogP contribution < -0.4 is 0 Å². The fourth-order valence-electron chi connectivity index (χ4n) is 1.82. The molecule has 15 heavy (non-hydrogen) atoms. The molecule has 0 aliphatic heterocycles. The molecule has 0 bridgehead atoms. The summed E-state index contributed by atoms with van der Waals surface area (Å²) in [7, 11) is -1.55. The lowest BCUT2D eigenvalue weighted by atomic mass is 10.2. The van der Waals surface area contributed by atoms with E-state index in [1.807, 2.05) is 20.8 Å². The Balaban J connectivity index is 2.74. The Labute approximate surface area is 93.4 Å². The van der Waals surface area contributed by atoms with Crippen molar-refractivity contribution < 1.29 is 8.42 Å². The van der Waals surface area contributed by atoms with Crippen LogP contribution in [0.4, 0.5) is 0 Å². The lowest BCUT2D eigenvalue weighted by molar-refractivity contribution is 0.316. The number of nitrogens with zero attached hydrogens (tertiary/aromatic N) is 2. The third-order valence-corrected chi connectivity index (χ3v) is 5.50. The number of hydrogen-bond donors (Lipinski definition) is 0. The predicted octanol–water partition coefficient (Wildman–Crippen LogP) is 1.30. The SMILES string of the molecule is CCN(CC)S(=O)(=O)N(C)[C@@H](C)C1CC1. The van der Waals surface area contributed by atoms with E-state index >= 15 is 0 Å². The summed E-state index contributed by atoms with van der Waals surface area (Å²) in [6.07, 6.45) is 2.33. The monoisotopic (exact) mass is 234 g/mol. The Morgan fingerprint density at radius 2 is 1.73 bits per heavy atom. The average Bonchev–Trinajstić information content (AvgIpc) is 3.00. The molecule has 0 heterocycles. The summed E-state index contributed by atoms with van der Waals surface area (Å²) in [6, 6.07) is 0.135. The van der Waals surface area contributed by atoms with Crippen molar-refractivity contribution >= 4 is 10.2 Å². The van der Waals surface area contributed by atoms with E-state index in [2.05, 4.69) is 0 Å². The van der Waals surface area contributed by atoms with Crippen molar-refractivity contribution in [2.24, 2.45) is 5.92 Å². The van der Waals surface area contributed by atoms with Gasteiger partial charge in [-0.3, -0.25) is 0 Å². The molecule has 0 aromatic heterocycles. The highest BCUT2D eigenvalue weighted by Crippen LogP contribution is 2.35. The fourth-order valence-corrected chi connectivity index (χ4v) is 3.43. The first-order valence-corrected chi connectivity index (χ1v) is 7.07. The fraction of sp³-hybridized carbons (Fsp3) is 1.00. The molecule has 1 atom stereocenters. The third-order valence-electron chi connectivity index (χ3n) is 3.27. The van der Waals surface area contributed by atoms with Gasteiger partial charge in [0.1, 0.15) is 0 Å². The lowest BCUT2D eigenvalue weighted by Gasteiger charge is -2.29. The van der Waals surface area contributed by atoms with E-state index in [0.717, 1.165) is 0 Å². The van der Waals surface area contributed by atoms with Crippen LogP contribution in [0.2, 0.25) is 0 Å². The summed E-state index contributed by atoms with van der Waals surface area (Å²) >= 11 is 0. The highest BCUT2D eigenvalue weighted by molar-refractivity contribution is 7.86. The third kappa shape index (κ3) is 2.71. The Morgan fingerprint density at radius 1 is 1.27 bits per heavy atom. The molecular weight excluding hydrogens is 212 g/mol. The molecule has 0 aromatic carbocycles. The van der Waals surface area contributed by atoms with Crippen molar-refractivity contribution in [2.45, 2.75) is 39.7 Å². The molecule has 1 rings (SSSR count). The standard InChI is InChI=1S/C10H22N2O2S/c1-5-12(6-2)15(13,14)11(4)9(3)10-7-8-10/h9-10H,5-8H2,1-4H3/t9-/m0/s1. The molecular formula is C10H22N2O2S. The highest BCUT2D eigenvalue weighted by Gasteiger charge is 2.37. The Hall–Kier alpha value is -0.130. The van der Waals surface area contributed by atoms with Gasteiger partial charge in [-0.1, -0.05) is 13.8 Å². The summed E-state index contributed by atoms with van der Waals surface area (Å²) in [5.41, 5.74) is 0. The van der Waals surface area contributed by atoms with Crippen LogP contribution in [0.15, 0.2) is 0 Å². The van der Waals surface area contributed by atoms with Crippen molar-refractivity contribution in [3.05, 3.63) is 0 Å². The Morgan fingerprint density at radius 3 is 2.07 bits per heavy atom. The van der Waals surface area contributed by atoms with Crippen LogP contribution in [-0.4, -0.2) is 43.2 Å². The topological polar surface area (TPSA) is 40.6 Å².